The van der Waals surface area contributed by atoms with Gasteiger partial charge in [-0.3, -0.25) is 4.79 Å². The molecular weight excluding hydrogens is 428 g/mol. The van der Waals surface area contributed by atoms with Crippen molar-refractivity contribution in [1.82, 2.24) is 0 Å². The quantitative estimate of drug-likeness (QED) is 0.409. The number of carbonyl (C=O) groups is 2. The van der Waals surface area contributed by atoms with Gasteiger partial charge in [-0.1, -0.05) is 37.3 Å². The Hall–Kier alpha value is -2.86. The van der Waals surface area contributed by atoms with Crippen molar-refractivity contribution in [3.63, 3.8) is 0 Å². The van der Waals surface area contributed by atoms with Crippen LogP contribution < -0.4 is 10.1 Å². The van der Waals surface area contributed by atoms with Crippen LogP contribution in [0.15, 0.2) is 42.5 Å². The van der Waals surface area contributed by atoms with Crippen molar-refractivity contribution < 1.29 is 23.5 Å². The summed E-state index contributed by atoms with van der Waals surface area (Å²) in [4.78, 5) is 26.7. The molecule has 1 fully saturated rings. The Balaban J connectivity index is 1.79. The van der Waals surface area contributed by atoms with Gasteiger partial charge >= 0.3 is 5.97 Å². The Kier molecular flexibility index (Phi) is 9.11. The second-order valence-electron chi connectivity index (χ2n) is 9.43. The SMILES string of the molecule is CCC(C(=O)Nc1c(C)cc(OC)cc1C)[N+]1(CC(=O)OCc2ccccc2)CCCCCC1. The number of rotatable bonds is 9. The summed E-state index contributed by atoms with van der Waals surface area (Å²) < 4.78 is 11.5. The fourth-order valence-electron chi connectivity index (χ4n) is 5.21. The summed E-state index contributed by atoms with van der Waals surface area (Å²) in [6, 6.07) is 13.3. The summed E-state index contributed by atoms with van der Waals surface area (Å²) in [5, 5.41) is 3.19. The average Bonchev–Trinajstić information content (AvgIpc) is 3.07. The minimum Gasteiger partial charge on any atom is -0.497 e. The van der Waals surface area contributed by atoms with Gasteiger partial charge in [0, 0.05) is 12.1 Å². The molecule has 2 aromatic carbocycles. The molecule has 0 radical (unpaired) electrons. The fraction of sp³-hybridized carbons (Fsp3) is 0.500. The van der Waals surface area contributed by atoms with E-state index in [0.29, 0.717) is 10.9 Å². The van der Waals surface area contributed by atoms with Crippen LogP contribution in [0.25, 0.3) is 0 Å². The van der Waals surface area contributed by atoms with Crippen LogP contribution in [0.4, 0.5) is 5.69 Å². The lowest BCUT2D eigenvalue weighted by Gasteiger charge is -2.42. The number of likely N-dealkylation sites (tertiary alicyclic amines) is 1. The number of nitrogens with one attached hydrogen (secondary N) is 1. The van der Waals surface area contributed by atoms with Crippen LogP contribution in [-0.4, -0.2) is 49.1 Å². The Labute approximate surface area is 203 Å². The van der Waals surface area contributed by atoms with E-state index >= 15 is 0 Å². The average molecular weight is 468 g/mol. The van der Waals surface area contributed by atoms with Crippen molar-refractivity contribution in [3.8, 4) is 5.75 Å². The number of ether oxygens (including phenoxy) is 2. The zero-order valence-corrected chi connectivity index (χ0v) is 21.1. The predicted octanol–water partition coefficient (Wildman–Crippen LogP) is 5.16. The number of quaternary nitrogens is 1. The Morgan fingerprint density at radius 2 is 1.62 bits per heavy atom. The molecule has 1 heterocycles. The number of amides is 1. The zero-order valence-electron chi connectivity index (χ0n) is 21.1. The maximum Gasteiger partial charge on any atom is 0.362 e. The molecule has 1 atom stereocenters. The van der Waals surface area contributed by atoms with Crippen LogP contribution in [-0.2, 0) is 20.9 Å². The third-order valence-electron chi connectivity index (χ3n) is 6.98. The van der Waals surface area contributed by atoms with E-state index in [0.717, 1.165) is 66.9 Å². The van der Waals surface area contributed by atoms with E-state index in [9.17, 15) is 9.59 Å². The van der Waals surface area contributed by atoms with Crippen molar-refractivity contribution in [1.29, 1.82) is 0 Å². The van der Waals surface area contributed by atoms with E-state index in [1.165, 1.54) is 0 Å². The maximum atomic E-state index is 13.7. The summed E-state index contributed by atoms with van der Waals surface area (Å²) in [5.74, 6) is 0.502. The van der Waals surface area contributed by atoms with E-state index in [1.54, 1.807) is 7.11 Å². The first-order valence-electron chi connectivity index (χ1n) is 12.4. The number of carbonyl (C=O) groups excluding carboxylic acids is 2. The predicted molar refractivity (Wildman–Crippen MR) is 135 cm³/mol. The highest BCUT2D eigenvalue weighted by Crippen LogP contribution is 2.29. The van der Waals surface area contributed by atoms with Gasteiger partial charge < -0.3 is 19.3 Å². The second kappa shape index (κ2) is 12.0. The number of aryl methyl sites for hydroxylation is 2. The Morgan fingerprint density at radius 3 is 2.18 bits per heavy atom. The number of hydrogen-bond donors (Lipinski definition) is 1. The van der Waals surface area contributed by atoms with Crippen molar-refractivity contribution in [3.05, 3.63) is 59.2 Å². The first-order valence-corrected chi connectivity index (χ1v) is 12.4. The topological polar surface area (TPSA) is 64.6 Å². The monoisotopic (exact) mass is 467 g/mol. The molecule has 34 heavy (non-hydrogen) atoms. The van der Waals surface area contributed by atoms with Gasteiger partial charge in [-0.05, 0) is 68.4 Å². The third-order valence-corrected chi connectivity index (χ3v) is 6.98. The van der Waals surface area contributed by atoms with Crippen LogP contribution in [0.1, 0.15) is 55.7 Å². The summed E-state index contributed by atoms with van der Waals surface area (Å²) in [6.45, 7) is 8.09. The Morgan fingerprint density at radius 1 is 1.00 bits per heavy atom. The minimum absolute atomic E-state index is 0.0309. The molecule has 1 aliphatic heterocycles. The van der Waals surface area contributed by atoms with Gasteiger partial charge in [-0.15, -0.1) is 0 Å². The molecule has 0 bridgehead atoms. The number of anilines is 1. The van der Waals surface area contributed by atoms with Gasteiger partial charge in [0.2, 0.25) is 0 Å². The number of esters is 1. The molecule has 0 saturated carbocycles. The van der Waals surface area contributed by atoms with Crippen LogP contribution in [0, 0.1) is 13.8 Å². The summed E-state index contributed by atoms with van der Waals surface area (Å²) in [7, 11) is 1.64. The molecule has 1 N–H and O–H groups in total. The lowest BCUT2D eigenvalue weighted by molar-refractivity contribution is -0.935. The molecule has 2 aromatic rings. The summed E-state index contributed by atoms with van der Waals surface area (Å²) in [6.07, 6.45) is 4.94. The number of hydrogen-bond acceptors (Lipinski definition) is 4. The highest BCUT2D eigenvalue weighted by Gasteiger charge is 2.43. The molecule has 1 unspecified atom stereocenters. The molecule has 184 valence electrons. The van der Waals surface area contributed by atoms with Gasteiger partial charge in [-0.2, -0.15) is 0 Å². The molecule has 1 saturated heterocycles. The van der Waals surface area contributed by atoms with Crippen molar-refractivity contribution in [2.45, 2.75) is 65.5 Å². The highest BCUT2D eigenvalue weighted by molar-refractivity contribution is 5.95. The second-order valence-corrected chi connectivity index (χ2v) is 9.43. The first-order chi connectivity index (χ1) is 16.4. The van der Waals surface area contributed by atoms with Crippen LogP contribution >= 0.6 is 0 Å². The zero-order chi connectivity index (χ0) is 24.6. The van der Waals surface area contributed by atoms with Gasteiger partial charge in [-0.25, -0.2) is 4.79 Å². The molecule has 0 aromatic heterocycles. The summed E-state index contributed by atoms with van der Waals surface area (Å²) >= 11 is 0. The molecule has 6 nitrogen and oxygen atoms in total. The third kappa shape index (κ3) is 6.38. The number of methoxy groups -OCH3 is 1. The molecule has 3 rings (SSSR count). The van der Waals surface area contributed by atoms with Crippen molar-refractivity contribution in [2.24, 2.45) is 0 Å². The smallest absolute Gasteiger partial charge is 0.362 e. The minimum atomic E-state index is -0.316. The summed E-state index contributed by atoms with van der Waals surface area (Å²) in [5.41, 5.74) is 3.71. The van der Waals surface area contributed by atoms with Gasteiger partial charge in [0.1, 0.15) is 12.4 Å². The van der Waals surface area contributed by atoms with E-state index in [1.807, 2.05) is 63.2 Å². The molecule has 1 amide bonds. The molecule has 1 aliphatic rings. The largest absolute Gasteiger partial charge is 0.497 e. The lowest BCUT2D eigenvalue weighted by Crippen LogP contribution is -2.62. The van der Waals surface area contributed by atoms with E-state index in [2.05, 4.69) is 5.32 Å². The Bertz CT molecular complexity index is 943. The van der Waals surface area contributed by atoms with Crippen LogP contribution in [0.2, 0.25) is 0 Å². The maximum absolute atomic E-state index is 13.7. The fourth-order valence-corrected chi connectivity index (χ4v) is 5.21. The molecular formula is C28H39N2O4+. The van der Waals surface area contributed by atoms with Crippen LogP contribution in [0.5, 0.6) is 5.75 Å². The van der Waals surface area contributed by atoms with E-state index < -0.39 is 0 Å². The highest BCUT2D eigenvalue weighted by atomic mass is 16.5. The van der Waals surface area contributed by atoms with Crippen LogP contribution in [0.3, 0.4) is 0 Å². The molecule has 6 heteroatoms. The van der Waals surface area contributed by atoms with E-state index in [-0.39, 0.29) is 31.1 Å². The number of nitrogens with zero attached hydrogens (tertiary/aromatic N) is 1. The molecule has 0 aliphatic carbocycles. The normalized spacial score (nSPS) is 16.2. The standard InChI is InChI=1S/C28H38N2O4/c1-5-25(28(32)29-27-21(2)17-24(33-4)18-22(27)3)30(15-11-6-7-12-16-30)19-26(31)34-20-23-13-9-8-10-14-23/h8-10,13-14,17-18,25H,5-7,11-12,15-16,19-20H2,1-4H3/p+1. The van der Waals surface area contributed by atoms with Crippen molar-refractivity contribution >= 4 is 17.6 Å². The van der Waals surface area contributed by atoms with Gasteiger partial charge in [0.05, 0.1) is 20.2 Å². The first kappa shape index (κ1) is 25.8. The van der Waals surface area contributed by atoms with E-state index in [4.69, 9.17) is 9.47 Å². The molecule has 0 spiro atoms. The van der Waals surface area contributed by atoms with Gasteiger partial charge in [0.15, 0.2) is 12.6 Å². The lowest BCUT2D eigenvalue weighted by atomic mass is 10.0. The number of benzene rings is 2. The van der Waals surface area contributed by atoms with Gasteiger partial charge in [0.25, 0.3) is 5.91 Å². The van der Waals surface area contributed by atoms with Crippen molar-refractivity contribution in [2.75, 3.05) is 32.1 Å².